The van der Waals surface area contributed by atoms with Crippen LogP contribution in [0, 0.1) is 19.7 Å². The van der Waals surface area contributed by atoms with E-state index in [0.29, 0.717) is 17.1 Å². The maximum absolute atomic E-state index is 13.2. The van der Waals surface area contributed by atoms with Crippen molar-refractivity contribution in [2.24, 2.45) is 0 Å². The van der Waals surface area contributed by atoms with Gasteiger partial charge < -0.3 is 5.32 Å². The van der Waals surface area contributed by atoms with E-state index in [9.17, 15) is 14.0 Å². The van der Waals surface area contributed by atoms with Crippen LogP contribution in [-0.4, -0.2) is 20.3 Å². The minimum absolute atomic E-state index is 0.134. The average molecular weight is 402 g/mol. The number of carbonyl (C=O) groups excluding carboxylic acids is 1. The highest BCUT2D eigenvalue weighted by Crippen LogP contribution is 2.25. The van der Waals surface area contributed by atoms with Crippen LogP contribution in [0.4, 0.5) is 10.2 Å². The molecule has 0 aliphatic heterocycles. The Kier molecular flexibility index (Phi) is 5.79. The van der Waals surface area contributed by atoms with Gasteiger partial charge in [0.25, 0.3) is 0 Å². The van der Waals surface area contributed by atoms with E-state index in [1.54, 1.807) is 12.1 Å². The number of nitrogens with one attached hydrogen (secondary N) is 1. The van der Waals surface area contributed by atoms with Crippen LogP contribution in [0.1, 0.15) is 36.9 Å². The number of aromatic nitrogens is 3. The number of hydrogen-bond acceptors (Lipinski definition) is 4. The monoisotopic (exact) mass is 402 g/mol. The number of anilines is 1. The molecular formula is C20H23FN4O2S. The summed E-state index contributed by atoms with van der Waals surface area (Å²) < 4.78 is 16.5. The van der Waals surface area contributed by atoms with E-state index in [1.807, 2.05) is 24.6 Å². The molecule has 0 saturated carbocycles. The van der Waals surface area contributed by atoms with Crippen molar-refractivity contribution in [3.63, 3.8) is 0 Å². The molecule has 0 saturated heterocycles. The van der Waals surface area contributed by atoms with Crippen LogP contribution in [0.15, 0.2) is 35.1 Å². The maximum Gasteiger partial charge on any atom is 0.308 e. The third-order valence-electron chi connectivity index (χ3n) is 4.68. The zero-order valence-electron chi connectivity index (χ0n) is 16.3. The van der Waals surface area contributed by atoms with E-state index >= 15 is 0 Å². The fourth-order valence-electron chi connectivity index (χ4n) is 3.12. The molecule has 1 N–H and O–H groups in total. The predicted molar refractivity (Wildman–Crippen MR) is 109 cm³/mol. The van der Waals surface area contributed by atoms with Gasteiger partial charge in [0.1, 0.15) is 12.4 Å². The molecule has 3 rings (SSSR count). The highest BCUT2D eigenvalue weighted by molar-refractivity contribution is 7.09. The standard InChI is InChI=1S/C20H23FN4O2S/c1-5-12(2)25-13(3)10-17(23-25)22-18(26)11-24-19(14(4)28-20(24)27)15-6-8-16(21)9-7-15/h6-10,12H,5,11H2,1-4H3,(H,22,23,26). The van der Waals surface area contributed by atoms with Gasteiger partial charge in [0, 0.05) is 22.7 Å². The van der Waals surface area contributed by atoms with Crippen LogP contribution in [0.2, 0.25) is 0 Å². The molecule has 0 bridgehead atoms. The summed E-state index contributed by atoms with van der Waals surface area (Å²) >= 11 is 1.07. The smallest absolute Gasteiger partial charge is 0.308 e. The summed E-state index contributed by atoms with van der Waals surface area (Å²) in [6, 6.07) is 7.94. The average Bonchev–Trinajstić information content (AvgIpc) is 3.14. The third kappa shape index (κ3) is 4.06. The summed E-state index contributed by atoms with van der Waals surface area (Å²) in [4.78, 5) is 25.5. The molecule has 28 heavy (non-hydrogen) atoms. The van der Waals surface area contributed by atoms with Gasteiger partial charge in [-0.1, -0.05) is 18.3 Å². The Hall–Kier alpha value is -2.74. The Labute approximate surface area is 166 Å². The van der Waals surface area contributed by atoms with Crippen LogP contribution < -0.4 is 10.2 Å². The third-order valence-corrected chi connectivity index (χ3v) is 5.58. The number of benzene rings is 1. The maximum atomic E-state index is 13.2. The molecular weight excluding hydrogens is 379 g/mol. The largest absolute Gasteiger partial charge is 0.308 e. The van der Waals surface area contributed by atoms with Crippen molar-refractivity contribution in [3.05, 3.63) is 56.4 Å². The first-order valence-electron chi connectivity index (χ1n) is 9.12. The first kappa shape index (κ1) is 20.0. The Morgan fingerprint density at radius 1 is 1.29 bits per heavy atom. The fourth-order valence-corrected chi connectivity index (χ4v) is 3.97. The summed E-state index contributed by atoms with van der Waals surface area (Å²) in [5.41, 5.74) is 2.29. The van der Waals surface area contributed by atoms with Crippen molar-refractivity contribution in [2.75, 3.05) is 5.32 Å². The van der Waals surface area contributed by atoms with Crippen LogP contribution in [0.25, 0.3) is 11.3 Å². The Morgan fingerprint density at radius 3 is 2.61 bits per heavy atom. The molecule has 2 heterocycles. The van der Waals surface area contributed by atoms with Gasteiger partial charge in [0.2, 0.25) is 5.91 Å². The van der Waals surface area contributed by atoms with Gasteiger partial charge in [0.15, 0.2) is 5.82 Å². The summed E-state index contributed by atoms with van der Waals surface area (Å²) in [7, 11) is 0. The van der Waals surface area contributed by atoms with Crippen molar-refractivity contribution < 1.29 is 9.18 Å². The molecule has 0 fully saturated rings. The van der Waals surface area contributed by atoms with Crippen molar-refractivity contribution in [3.8, 4) is 11.3 Å². The molecule has 3 aromatic rings. The van der Waals surface area contributed by atoms with Gasteiger partial charge >= 0.3 is 4.87 Å². The number of halogens is 1. The van der Waals surface area contributed by atoms with E-state index in [0.717, 1.165) is 28.3 Å². The summed E-state index contributed by atoms with van der Waals surface area (Å²) in [5.74, 6) is -0.223. The SMILES string of the molecule is CCC(C)n1nc(NC(=O)Cn2c(-c3ccc(F)cc3)c(C)sc2=O)cc1C. The van der Waals surface area contributed by atoms with Gasteiger partial charge in [-0.25, -0.2) is 4.39 Å². The number of hydrogen-bond donors (Lipinski definition) is 1. The van der Waals surface area contributed by atoms with Crippen molar-refractivity contribution in [1.82, 2.24) is 14.3 Å². The normalized spacial score (nSPS) is 12.2. The van der Waals surface area contributed by atoms with E-state index in [4.69, 9.17) is 0 Å². The minimum Gasteiger partial charge on any atom is -0.308 e. The van der Waals surface area contributed by atoms with Gasteiger partial charge in [-0.2, -0.15) is 5.10 Å². The van der Waals surface area contributed by atoms with Crippen LogP contribution in [0.5, 0.6) is 0 Å². The Morgan fingerprint density at radius 2 is 1.96 bits per heavy atom. The van der Waals surface area contributed by atoms with Crippen LogP contribution in [0.3, 0.4) is 0 Å². The molecule has 2 aromatic heterocycles. The topological polar surface area (TPSA) is 68.9 Å². The molecule has 6 nitrogen and oxygen atoms in total. The molecule has 1 atom stereocenters. The number of thiazole rings is 1. The molecule has 1 unspecified atom stereocenters. The van der Waals surface area contributed by atoms with Gasteiger partial charge in [-0.15, -0.1) is 0 Å². The second-order valence-corrected chi connectivity index (χ2v) is 7.95. The van der Waals surface area contributed by atoms with Gasteiger partial charge in [-0.3, -0.25) is 18.8 Å². The van der Waals surface area contributed by atoms with Crippen LogP contribution in [-0.2, 0) is 11.3 Å². The zero-order chi connectivity index (χ0) is 20.4. The highest BCUT2D eigenvalue weighted by atomic mass is 32.1. The Balaban J connectivity index is 1.83. The van der Waals surface area contributed by atoms with Crippen molar-refractivity contribution in [2.45, 2.75) is 46.7 Å². The second kappa shape index (κ2) is 8.10. The first-order chi connectivity index (χ1) is 13.3. The lowest BCUT2D eigenvalue weighted by atomic mass is 10.1. The number of amides is 1. The summed E-state index contributed by atoms with van der Waals surface area (Å²) in [6.07, 6.45) is 0.931. The molecule has 148 valence electrons. The summed E-state index contributed by atoms with van der Waals surface area (Å²) in [5, 5.41) is 7.21. The zero-order valence-corrected chi connectivity index (χ0v) is 17.1. The molecule has 1 aromatic carbocycles. The number of rotatable bonds is 6. The van der Waals surface area contributed by atoms with Crippen molar-refractivity contribution in [1.29, 1.82) is 0 Å². The quantitative estimate of drug-likeness (QED) is 0.674. The van der Waals surface area contributed by atoms with Crippen molar-refractivity contribution >= 4 is 23.1 Å². The van der Waals surface area contributed by atoms with E-state index < -0.39 is 0 Å². The van der Waals surface area contributed by atoms with E-state index in [1.165, 1.54) is 16.7 Å². The lowest BCUT2D eigenvalue weighted by Crippen LogP contribution is -2.25. The molecule has 0 spiro atoms. The van der Waals surface area contributed by atoms with Gasteiger partial charge in [-0.05, 0) is 57.0 Å². The molecule has 8 heteroatoms. The van der Waals surface area contributed by atoms with Gasteiger partial charge in [0.05, 0.1) is 5.69 Å². The minimum atomic E-state index is -0.351. The lowest BCUT2D eigenvalue weighted by Gasteiger charge is -2.11. The summed E-state index contributed by atoms with van der Waals surface area (Å²) in [6.45, 7) is 7.76. The molecule has 1 amide bonds. The lowest BCUT2D eigenvalue weighted by molar-refractivity contribution is -0.116. The number of nitrogens with zero attached hydrogens (tertiary/aromatic N) is 3. The molecule has 0 aliphatic rings. The Bertz CT molecular complexity index is 1050. The fraction of sp³-hybridized carbons (Fsp3) is 0.350. The van der Waals surface area contributed by atoms with Crippen LogP contribution >= 0.6 is 11.3 Å². The van der Waals surface area contributed by atoms with E-state index in [-0.39, 0.29) is 29.2 Å². The number of aryl methyl sites for hydroxylation is 2. The van der Waals surface area contributed by atoms with E-state index in [2.05, 4.69) is 24.3 Å². The predicted octanol–water partition coefficient (Wildman–Crippen LogP) is 4.14. The molecule has 0 radical (unpaired) electrons. The highest BCUT2D eigenvalue weighted by Gasteiger charge is 2.18. The molecule has 0 aliphatic carbocycles. The second-order valence-electron chi connectivity index (χ2n) is 6.79. The number of carbonyl (C=O) groups is 1. The first-order valence-corrected chi connectivity index (χ1v) is 9.94.